The Labute approximate surface area is 231 Å². The quantitative estimate of drug-likeness (QED) is 0.221. The van der Waals surface area contributed by atoms with E-state index in [2.05, 4.69) is 27.5 Å². The Kier molecular flexibility index (Phi) is 8.43. The number of halogens is 1. The second-order valence-corrected chi connectivity index (χ2v) is 10.1. The lowest BCUT2D eigenvalue weighted by atomic mass is 9.96. The zero-order valence-electron chi connectivity index (χ0n) is 21.0. The van der Waals surface area contributed by atoms with Gasteiger partial charge in [-0.2, -0.15) is 0 Å². The third-order valence-corrected chi connectivity index (χ3v) is 7.19. The van der Waals surface area contributed by atoms with Crippen LogP contribution in [0.5, 0.6) is 11.5 Å². The molecule has 0 spiro atoms. The number of nitrogens with zero attached hydrogens (tertiary/aromatic N) is 2. The Morgan fingerprint density at radius 2 is 1.95 bits per heavy atom. The number of ether oxygens (including phenoxy) is 3. The van der Waals surface area contributed by atoms with Crippen LogP contribution in [0, 0.1) is 0 Å². The average molecular weight is 597 g/mol. The summed E-state index contributed by atoms with van der Waals surface area (Å²) in [5.41, 5.74) is 1.94. The van der Waals surface area contributed by atoms with Crippen molar-refractivity contribution in [3.8, 4) is 11.5 Å². The van der Waals surface area contributed by atoms with E-state index < -0.39 is 18.0 Å². The summed E-state index contributed by atoms with van der Waals surface area (Å²) in [5.74, 6) is 0.0680. The van der Waals surface area contributed by atoms with E-state index in [4.69, 9.17) is 14.2 Å². The third-order valence-electron chi connectivity index (χ3n) is 5.59. The molecule has 8 nitrogen and oxygen atoms in total. The number of carbonyl (C=O) groups is 2. The van der Waals surface area contributed by atoms with Gasteiger partial charge in [-0.05, 0) is 71.2 Å². The van der Waals surface area contributed by atoms with Crippen molar-refractivity contribution in [2.24, 2.45) is 4.99 Å². The second-order valence-electron chi connectivity index (χ2n) is 8.25. The van der Waals surface area contributed by atoms with Crippen LogP contribution in [0.4, 0.5) is 0 Å². The Morgan fingerprint density at radius 3 is 2.58 bits per heavy atom. The van der Waals surface area contributed by atoms with Crippen LogP contribution in [-0.2, 0) is 14.3 Å². The first-order valence-electron chi connectivity index (χ1n) is 11.7. The van der Waals surface area contributed by atoms with E-state index in [9.17, 15) is 14.4 Å². The highest BCUT2D eigenvalue weighted by Crippen LogP contribution is 2.32. The molecule has 0 unspecified atom stereocenters. The van der Waals surface area contributed by atoms with Crippen molar-refractivity contribution >= 4 is 45.3 Å². The lowest BCUT2D eigenvalue weighted by Gasteiger charge is -2.24. The van der Waals surface area contributed by atoms with Crippen LogP contribution in [0.25, 0.3) is 6.08 Å². The maximum atomic E-state index is 13.7. The van der Waals surface area contributed by atoms with Crippen molar-refractivity contribution in [3.63, 3.8) is 0 Å². The molecule has 1 aliphatic rings. The third kappa shape index (κ3) is 5.71. The molecule has 0 bridgehead atoms. The van der Waals surface area contributed by atoms with E-state index in [1.165, 1.54) is 22.8 Å². The standard InChI is InChI=1S/C28H25BrN2O6S/c1-5-13-36-20-10-8-19(9-11-20)25-24(27(34)35-6-2)16(3)30-28-31(25)26(33)23(38-28)15-18-7-12-22(21(29)14-18)37-17(4)32/h5,7-12,14-15,25H,1,6,13H2,2-4H3/t25-/m0/s1. The number of hydrogen-bond donors (Lipinski definition) is 0. The monoisotopic (exact) mass is 596 g/mol. The molecule has 10 heteroatoms. The van der Waals surface area contributed by atoms with Gasteiger partial charge in [-0.25, -0.2) is 9.79 Å². The Hall–Kier alpha value is -3.76. The van der Waals surface area contributed by atoms with Crippen molar-refractivity contribution in [2.75, 3.05) is 13.2 Å². The molecule has 4 rings (SSSR count). The summed E-state index contributed by atoms with van der Waals surface area (Å²) in [4.78, 5) is 43.1. The molecule has 1 aromatic heterocycles. The second kappa shape index (κ2) is 11.7. The van der Waals surface area contributed by atoms with Crippen molar-refractivity contribution in [2.45, 2.75) is 26.8 Å². The number of thiazole rings is 1. The maximum Gasteiger partial charge on any atom is 0.338 e. The molecule has 0 saturated heterocycles. The summed E-state index contributed by atoms with van der Waals surface area (Å²) in [7, 11) is 0. The molecule has 1 aliphatic heterocycles. The number of rotatable bonds is 8. The molecule has 0 N–H and O–H groups in total. The number of allylic oxidation sites excluding steroid dienone is 1. The SMILES string of the molecule is C=CCOc1ccc([C@H]2C(C(=O)OCC)=C(C)N=c3sc(=Cc4ccc(OC(C)=O)c(Br)c4)c(=O)n32)cc1. The minimum Gasteiger partial charge on any atom is -0.490 e. The zero-order chi connectivity index (χ0) is 27.4. The molecule has 196 valence electrons. The van der Waals surface area contributed by atoms with Crippen LogP contribution in [0.15, 0.2) is 80.6 Å². The van der Waals surface area contributed by atoms with Crippen LogP contribution in [0.3, 0.4) is 0 Å². The molecule has 0 aliphatic carbocycles. The normalized spacial score (nSPS) is 14.9. The van der Waals surface area contributed by atoms with E-state index >= 15 is 0 Å². The fourth-order valence-electron chi connectivity index (χ4n) is 4.00. The van der Waals surface area contributed by atoms with E-state index in [0.717, 1.165) is 11.1 Å². The summed E-state index contributed by atoms with van der Waals surface area (Å²) in [6.07, 6.45) is 3.39. The molecule has 2 aromatic carbocycles. The van der Waals surface area contributed by atoms with Crippen molar-refractivity contribution in [3.05, 3.63) is 102 Å². The number of benzene rings is 2. The molecule has 0 fully saturated rings. The first-order valence-corrected chi connectivity index (χ1v) is 13.4. The maximum absolute atomic E-state index is 13.7. The first-order chi connectivity index (χ1) is 18.2. The molecule has 0 radical (unpaired) electrons. The summed E-state index contributed by atoms with van der Waals surface area (Å²) in [6.45, 7) is 9.00. The number of carbonyl (C=O) groups excluding carboxylic acids is 2. The number of hydrogen-bond acceptors (Lipinski definition) is 8. The predicted octanol–water partition coefficient (Wildman–Crippen LogP) is 4.05. The van der Waals surface area contributed by atoms with Gasteiger partial charge in [0, 0.05) is 6.92 Å². The van der Waals surface area contributed by atoms with Gasteiger partial charge in [-0.3, -0.25) is 14.2 Å². The Balaban J connectivity index is 1.84. The molecule has 38 heavy (non-hydrogen) atoms. The summed E-state index contributed by atoms with van der Waals surface area (Å²) < 4.78 is 18.6. The molecule has 0 amide bonds. The van der Waals surface area contributed by atoms with Gasteiger partial charge < -0.3 is 14.2 Å². The fraction of sp³-hybridized carbons (Fsp3) is 0.214. The van der Waals surface area contributed by atoms with E-state index in [-0.39, 0.29) is 12.2 Å². The highest BCUT2D eigenvalue weighted by molar-refractivity contribution is 9.10. The Morgan fingerprint density at radius 1 is 1.21 bits per heavy atom. The molecule has 0 saturated carbocycles. The molecule has 2 heterocycles. The highest BCUT2D eigenvalue weighted by Gasteiger charge is 2.33. The zero-order valence-corrected chi connectivity index (χ0v) is 23.4. The number of fused-ring (bicyclic) bond motifs is 1. The summed E-state index contributed by atoms with van der Waals surface area (Å²) >= 11 is 4.63. The van der Waals surface area contributed by atoms with E-state index in [1.54, 1.807) is 56.3 Å². The van der Waals surface area contributed by atoms with Crippen LogP contribution >= 0.6 is 27.3 Å². The van der Waals surface area contributed by atoms with Crippen LogP contribution in [-0.4, -0.2) is 29.7 Å². The van der Waals surface area contributed by atoms with Crippen molar-refractivity contribution in [1.82, 2.24) is 4.57 Å². The summed E-state index contributed by atoms with van der Waals surface area (Å²) in [6, 6.07) is 11.6. The molecule has 3 aromatic rings. The van der Waals surface area contributed by atoms with Gasteiger partial charge in [-0.15, -0.1) is 0 Å². The lowest BCUT2D eigenvalue weighted by molar-refractivity contribution is -0.139. The van der Waals surface area contributed by atoms with Crippen LogP contribution in [0.2, 0.25) is 0 Å². The van der Waals surface area contributed by atoms with E-state index in [0.29, 0.717) is 43.2 Å². The average Bonchev–Trinajstić information content (AvgIpc) is 3.18. The van der Waals surface area contributed by atoms with Crippen molar-refractivity contribution < 1.29 is 23.8 Å². The summed E-state index contributed by atoms with van der Waals surface area (Å²) in [5, 5.41) is 0. The fourth-order valence-corrected chi connectivity index (χ4v) is 5.53. The number of aromatic nitrogens is 1. The van der Waals surface area contributed by atoms with Gasteiger partial charge in [0.2, 0.25) is 0 Å². The topological polar surface area (TPSA) is 96.2 Å². The van der Waals surface area contributed by atoms with Crippen molar-refractivity contribution in [1.29, 1.82) is 0 Å². The Bertz CT molecular complexity index is 1620. The minimum absolute atomic E-state index is 0.194. The van der Waals surface area contributed by atoms with Gasteiger partial charge in [0.25, 0.3) is 5.56 Å². The molecule has 1 atom stereocenters. The first kappa shape index (κ1) is 27.3. The predicted molar refractivity (Wildman–Crippen MR) is 148 cm³/mol. The lowest BCUT2D eigenvalue weighted by Crippen LogP contribution is -2.39. The van der Waals surface area contributed by atoms with Crippen LogP contribution in [0.1, 0.15) is 37.9 Å². The highest BCUT2D eigenvalue weighted by atomic mass is 79.9. The smallest absolute Gasteiger partial charge is 0.338 e. The van der Waals surface area contributed by atoms with Crippen LogP contribution < -0.4 is 24.4 Å². The molecular weight excluding hydrogens is 572 g/mol. The van der Waals surface area contributed by atoms with Gasteiger partial charge in [0.1, 0.15) is 18.1 Å². The van der Waals surface area contributed by atoms with Gasteiger partial charge >= 0.3 is 11.9 Å². The van der Waals surface area contributed by atoms with E-state index in [1.807, 2.05) is 12.1 Å². The number of esters is 2. The minimum atomic E-state index is -0.723. The van der Waals surface area contributed by atoms with Gasteiger partial charge in [0.05, 0.1) is 32.9 Å². The molecular formula is C28H25BrN2O6S. The largest absolute Gasteiger partial charge is 0.490 e. The van der Waals surface area contributed by atoms with Gasteiger partial charge in [0.15, 0.2) is 4.80 Å². The van der Waals surface area contributed by atoms with Gasteiger partial charge in [-0.1, -0.05) is 42.2 Å².